The zero-order valence-electron chi connectivity index (χ0n) is 7.65. The number of hydrogen-bond acceptors (Lipinski definition) is 1. The molecule has 0 unspecified atom stereocenters. The van der Waals surface area contributed by atoms with Crippen LogP contribution < -0.4 is 5.73 Å². The van der Waals surface area contributed by atoms with Gasteiger partial charge in [0, 0.05) is 5.70 Å². The van der Waals surface area contributed by atoms with E-state index in [1.807, 2.05) is 26.0 Å². The van der Waals surface area contributed by atoms with Crippen molar-refractivity contribution in [2.24, 2.45) is 5.73 Å². The Labute approximate surface area is 69.3 Å². The lowest BCUT2D eigenvalue weighted by Gasteiger charge is -2.04. The van der Waals surface area contributed by atoms with E-state index in [2.05, 4.69) is 13.5 Å². The lowest BCUT2D eigenvalue weighted by Crippen LogP contribution is -1.98. The summed E-state index contributed by atoms with van der Waals surface area (Å²) >= 11 is 0. The zero-order valence-corrected chi connectivity index (χ0v) is 7.65. The van der Waals surface area contributed by atoms with Gasteiger partial charge in [0.15, 0.2) is 0 Å². The molecule has 0 bridgehead atoms. The molecular weight excluding hydrogens is 134 g/mol. The quantitative estimate of drug-likeness (QED) is 0.617. The molecular formula is C10H17N. The average molecular weight is 151 g/mol. The summed E-state index contributed by atoms with van der Waals surface area (Å²) in [5.41, 5.74) is 8.77. The molecule has 0 aliphatic heterocycles. The molecule has 0 aromatic rings. The fourth-order valence-corrected chi connectivity index (χ4v) is 0.774. The summed E-state index contributed by atoms with van der Waals surface area (Å²) in [6, 6.07) is 0. The lowest BCUT2D eigenvalue weighted by molar-refractivity contribution is 1.09. The molecule has 0 fully saturated rings. The molecule has 0 spiro atoms. The Morgan fingerprint density at radius 2 is 2.09 bits per heavy atom. The van der Waals surface area contributed by atoms with Crippen molar-refractivity contribution < 1.29 is 0 Å². The first kappa shape index (κ1) is 10.0. The predicted molar refractivity (Wildman–Crippen MR) is 51.1 cm³/mol. The Kier molecular flexibility index (Phi) is 4.35. The highest BCUT2D eigenvalue weighted by Crippen LogP contribution is 2.12. The third kappa shape index (κ3) is 3.08. The van der Waals surface area contributed by atoms with Gasteiger partial charge in [-0.2, -0.15) is 0 Å². The summed E-state index contributed by atoms with van der Waals surface area (Å²) in [6.45, 7) is 9.94. The Balaban J connectivity index is 4.51. The normalized spacial score (nSPS) is 13.4. The second-order valence-corrected chi connectivity index (χ2v) is 2.54. The number of hydrogen-bond donors (Lipinski definition) is 1. The van der Waals surface area contributed by atoms with E-state index >= 15 is 0 Å². The van der Waals surface area contributed by atoms with Gasteiger partial charge in [-0.1, -0.05) is 25.2 Å². The molecule has 11 heavy (non-hydrogen) atoms. The van der Waals surface area contributed by atoms with E-state index in [1.54, 1.807) is 0 Å². The summed E-state index contributed by atoms with van der Waals surface area (Å²) in [4.78, 5) is 0. The van der Waals surface area contributed by atoms with Crippen LogP contribution in [0.15, 0.2) is 35.6 Å². The summed E-state index contributed by atoms with van der Waals surface area (Å²) in [6.07, 6.45) is 4.79. The van der Waals surface area contributed by atoms with Crippen LogP contribution in [0, 0.1) is 0 Å². The Morgan fingerprint density at radius 1 is 1.55 bits per heavy atom. The van der Waals surface area contributed by atoms with Crippen molar-refractivity contribution in [3.05, 3.63) is 35.6 Å². The Bertz CT molecular complexity index is 197. The zero-order chi connectivity index (χ0) is 8.85. The lowest BCUT2D eigenvalue weighted by atomic mass is 10.1. The summed E-state index contributed by atoms with van der Waals surface area (Å²) in [5, 5.41) is 0. The van der Waals surface area contributed by atoms with Crippen LogP contribution in [0.4, 0.5) is 0 Å². The van der Waals surface area contributed by atoms with Gasteiger partial charge in [0.1, 0.15) is 0 Å². The molecule has 0 aliphatic rings. The number of rotatable bonds is 3. The summed E-state index contributed by atoms with van der Waals surface area (Å²) < 4.78 is 0. The van der Waals surface area contributed by atoms with Crippen molar-refractivity contribution in [3.8, 4) is 0 Å². The van der Waals surface area contributed by atoms with Gasteiger partial charge in [0.25, 0.3) is 0 Å². The van der Waals surface area contributed by atoms with Crippen molar-refractivity contribution in [3.63, 3.8) is 0 Å². The van der Waals surface area contributed by atoms with Gasteiger partial charge >= 0.3 is 0 Å². The third-order valence-corrected chi connectivity index (χ3v) is 1.74. The van der Waals surface area contributed by atoms with Crippen molar-refractivity contribution in [1.29, 1.82) is 0 Å². The van der Waals surface area contributed by atoms with Crippen molar-refractivity contribution in [2.75, 3.05) is 0 Å². The maximum absolute atomic E-state index is 5.74. The maximum Gasteiger partial charge on any atom is 0.0342 e. The maximum atomic E-state index is 5.74. The van der Waals surface area contributed by atoms with E-state index in [0.29, 0.717) is 0 Å². The molecule has 0 heterocycles. The minimum absolute atomic E-state index is 0.819. The minimum atomic E-state index is 0.819. The van der Waals surface area contributed by atoms with E-state index in [4.69, 9.17) is 5.73 Å². The molecule has 2 N–H and O–H groups in total. The summed E-state index contributed by atoms with van der Waals surface area (Å²) in [5.74, 6) is 0. The highest BCUT2D eigenvalue weighted by molar-refractivity contribution is 5.34. The van der Waals surface area contributed by atoms with Crippen LogP contribution in [0.2, 0.25) is 0 Å². The molecule has 0 aromatic carbocycles. The van der Waals surface area contributed by atoms with E-state index in [9.17, 15) is 0 Å². The highest BCUT2D eigenvalue weighted by Gasteiger charge is 1.96. The van der Waals surface area contributed by atoms with Crippen LogP contribution in [0.25, 0.3) is 0 Å². The van der Waals surface area contributed by atoms with E-state index in [0.717, 1.165) is 23.3 Å². The smallest absolute Gasteiger partial charge is 0.0342 e. The van der Waals surface area contributed by atoms with Crippen LogP contribution >= 0.6 is 0 Å². The van der Waals surface area contributed by atoms with Crippen molar-refractivity contribution >= 4 is 0 Å². The van der Waals surface area contributed by atoms with E-state index < -0.39 is 0 Å². The number of nitrogens with two attached hydrogens (primary N) is 1. The molecule has 1 nitrogen and oxygen atoms in total. The second-order valence-electron chi connectivity index (χ2n) is 2.54. The van der Waals surface area contributed by atoms with Gasteiger partial charge in [-0.25, -0.2) is 0 Å². The fourth-order valence-electron chi connectivity index (χ4n) is 0.774. The molecule has 1 heteroatoms. The average Bonchev–Trinajstić information content (AvgIpc) is 2.02. The van der Waals surface area contributed by atoms with Gasteiger partial charge in [-0.05, 0) is 31.9 Å². The molecule has 0 saturated carbocycles. The predicted octanol–water partition coefficient (Wildman–Crippen LogP) is 2.76. The molecule has 0 aliphatic carbocycles. The first-order valence-electron chi connectivity index (χ1n) is 3.90. The monoisotopic (exact) mass is 151 g/mol. The van der Waals surface area contributed by atoms with Crippen LogP contribution in [-0.2, 0) is 0 Å². The minimum Gasteiger partial charge on any atom is -0.399 e. The fraction of sp³-hybridized carbons (Fsp3) is 0.400. The molecule has 0 aromatic heterocycles. The van der Waals surface area contributed by atoms with Gasteiger partial charge < -0.3 is 5.73 Å². The molecule has 0 amide bonds. The first-order chi connectivity index (χ1) is 5.13. The molecule has 0 atom stereocenters. The van der Waals surface area contributed by atoms with Crippen LogP contribution in [-0.4, -0.2) is 0 Å². The van der Waals surface area contributed by atoms with Gasteiger partial charge in [0.2, 0.25) is 0 Å². The molecule has 0 rings (SSSR count). The topological polar surface area (TPSA) is 26.0 Å². The van der Waals surface area contributed by atoms with Gasteiger partial charge in [-0.3, -0.25) is 0 Å². The van der Waals surface area contributed by atoms with Crippen LogP contribution in [0.3, 0.4) is 0 Å². The number of allylic oxidation sites excluding steroid dienone is 4. The third-order valence-electron chi connectivity index (χ3n) is 1.74. The first-order valence-corrected chi connectivity index (χ1v) is 3.90. The SMILES string of the molecule is C=C(CC)/C(C)=C(N)/C=C\C. The van der Waals surface area contributed by atoms with Crippen molar-refractivity contribution in [1.82, 2.24) is 0 Å². The Hall–Kier alpha value is -0.980. The Morgan fingerprint density at radius 3 is 2.45 bits per heavy atom. The molecule has 62 valence electrons. The van der Waals surface area contributed by atoms with Gasteiger partial charge in [0.05, 0.1) is 0 Å². The van der Waals surface area contributed by atoms with E-state index in [-0.39, 0.29) is 0 Å². The standard InChI is InChI=1S/C10H17N/c1-5-7-10(11)9(4)8(3)6-2/h5,7H,3,6,11H2,1-2,4H3/b7-5-,10-9-. The van der Waals surface area contributed by atoms with Crippen LogP contribution in [0.5, 0.6) is 0 Å². The van der Waals surface area contributed by atoms with Gasteiger partial charge in [-0.15, -0.1) is 0 Å². The molecule has 0 radical (unpaired) electrons. The van der Waals surface area contributed by atoms with Crippen LogP contribution in [0.1, 0.15) is 27.2 Å². The highest BCUT2D eigenvalue weighted by atomic mass is 14.6. The summed E-state index contributed by atoms with van der Waals surface area (Å²) in [7, 11) is 0. The second kappa shape index (κ2) is 4.78. The largest absolute Gasteiger partial charge is 0.399 e. The molecule has 0 saturated heterocycles. The van der Waals surface area contributed by atoms with Crippen molar-refractivity contribution in [2.45, 2.75) is 27.2 Å². The van der Waals surface area contributed by atoms with E-state index in [1.165, 1.54) is 0 Å².